The summed E-state index contributed by atoms with van der Waals surface area (Å²) in [6.07, 6.45) is -0.0308. The van der Waals surface area contributed by atoms with E-state index >= 15 is 0 Å². The summed E-state index contributed by atoms with van der Waals surface area (Å²) < 4.78 is 16.8. The average molecular weight is 311 g/mol. The minimum atomic E-state index is -0.181. The zero-order valence-electron chi connectivity index (χ0n) is 12.4. The Balaban J connectivity index is 1.95. The molecule has 4 atom stereocenters. The quantitative estimate of drug-likeness (QED) is 0.786. The van der Waals surface area contributed by atoms with Gasteiger partial charge in [-0.2, -0.15) is 0 Å². The molecule has 0 aliphatic carbocycles. The van der Waals surface area contributed by atoms with E-state index in [1.54, 1.807) is 12.1 Å². The second-order valence-electron chi connectivity index (χ2n) is 5.77. The zero-order valence-corrected chi connectivity index (χ0v) is 13.1. The second-order valence-corrected chi connectivity index (χ2v) is 6.18. The number of rotatable bonds is 2. The van der Waals surface area contributed by atoms with Crippen LogP contribution in [0.1, 0.15) is 31.1 Å². The summed E-state index contributed by atoms with van der Waals surface area (Å²) in [5, 5.41) is 0.406. The van der Waals surface area contributed by atoms with E-state index in [-0.39, 0.29) is 29.8 Å². The molecule has 2 aliphatic heterocycles. The highest BCUT2D eigenvalue weighted by molar-refractivity contribution is 6.34. The van der Waals surface area contributed by atoms with Crippen LogP contribution in [0.5, 0.6) is 11.5 Å². The monoisotopic (exact) mass is 310 g/mol. The maximum atomic E-state index is 12.9. The van der Waals surface area contributed by atoms with Crippen LogP contribution in [0.25, 0.3) is 0 Å². The lowest BCUT2D eigenvalue weighted by Crippen LogP contribution is -2.27. The normalized spacial score (nSPS) is 31.2. The largest absolute Gasteiger partial charge is 0.486 e. The average Bonchev–Trinajstić information content (AvgIpc) is 2.70. The van der Waals surface area contributed by atoms with Crippen molar-refractivity contribution in [3.63, 3.8) is 0 Å². The Kier molecular flexibility index (Phi) is 3.84. The van der Waals surface area contributed by atoms with Crippen LogP contribution in [-0.2, 0) is 4.74 Å². The summed E-state index contributed by atoms with van der Waals surface area (Å²) in [6.45, 7) is 6.97. The van der Waals surface area contributed by atoms with E-state index in [0.717, 1.165) is 0 Å². The molecule has 2 heterocycles. The number of ketones is 1. The fraction of sp³-hybridized carbons (Fsp3) is 0.562. The van der Waals surface area contributed by atoms with Crippen molar-refractivity contribution >= 4 is 17.4 Å². The van der Waals surface area contributed by atoms with E-state index in [9.17, 15) is 4.79 Å². The minimum absolute atomic E-state index is 0.0151. The molecule has 1 aromatic rings. The zero-order chi connectivity index (χ0) is 15.1. The van der Waals surface area contributed by atoms with Gasteiger partial charge < -0.3 is 14.2 Å². The third kappa shape index (κ3) is 2.51. The number of Topliss-reactive ketones (excluding diaryl/α,β-unsaturated/α-hetero) is 1. The lowest BCUT2D eigenvalue weighted by Gasteiger charge is -2.22. The van der Waals surface area contributed by atoms with Gasteiger partial charge in [0.05, 0.1) is 23.1 Å². The molecular weight excluding hydrogens is 292 g/mol. The molecule has 21 heavy (non-hydrogen) atoms. The third-order valence-corrected chi connectivity index (χ3v) is 4.75. The Morgan fingerprint density at radius 2 is 1.71 bits per heavy atom. The van der Waals surface area contributed by atoms with Crippen LogP contribution in [-0.4, -0.2) is 31.2 Å². The van der Waals surface area contributed by atoms with Gasteiger partial charge in [0.15, 0.2) is 17.3 Å². The summed E-state index contributed by atoms with van der Waals surface area (Å²) >= 11 is 6.27. The molecule has 0 amide bonds. The molecule has 0 radical (unpaired) electrons. The summed E-state index contributed by atoms with van der Waals surface area (Å²) in [7, 11) is 0. The number of carbonyl (C=O) groups excluding carboxylic acids is 1. The lowest BCUT2D eigenvalue weighted by molar-refractivity contribution is 0.0491. The predicted octanol–water partition coefficient (Wildman–Crippen LogP) is 3.35. The first kappa shape index (κ1) is 14.7. The van der Waals surface area contributed by atoms with Crippen molar-refractivity contribution in [2.75, 3.05) is 13.2 Å². The summed E-state index contributed by atoms with van der Waals surface area (Å²) in [6, 6.07) is 3.36. The first-order valence-corrected chi connectivity index (χ1v) is 7.65. The topological polar surface area (TPSA) is 44.8 Å². The molecule has 1 saturated heterocycles. The van der Waals surface area contributed by atoms with Gasteiger partial charge in [0.1, 0.15) is 13.2 Å². The van der Waals surface area contributed by atoms with Gasteiger partial charge in [-0.1, -0.05) is 18.5 Å². The summed E-state index contributed by atoms with van der Waals surface area (Å²) in [5.74, 6) is 1.18. The van der Waals surface area contributed by atoms with Gasteiger partial charge in [-0.25, -0.2) is 0 Å². The second kappa shape index (κ2) is 5.50. The van der Waals surface area contributed by atoms with Crippen LogP contribution < -0.4 is 9.47 Å². The number of hydrogen-bond donors (Lipinski definition) is 0. The molecule has 2 aliphatic rings. The van der Waals surface area contributed by atoms with E-state index in [2.05, 4.69) is 0 Å². The molecule has 0 N–H and O–H groups in total. The Labute approximate surface area is 129 Å². The highest BCUT2D eigenvalue weighted by Gasteiger charge is 2.42. The first-order valence-electron chi connectivity index (χ1n) is 7.28. The summed E-state index contributed by atoms with van der Waals surface area (Å²) in [4.78, 5) is 12.9. The van der Waals surface area contributed by atoms with Crippen molar-refractivity contribution in [2.24, 2.45) is 11.8 Å². The molecule has 0 saturated carbocycles. The fourth-order valence-electron chi connectivity index (χ4n) is 3.15. The number of ether oxygens (including phenoxy) is 3. The van der Waals surface area contributed by atoms with E-state index in [1.807, 2.05) is 20.8 Å². The highest BCUT2D eigenvalue weighted by Crippen LogP contribution is 2.40. The highest BCUT2D eigenvalue weighted by atomic mass is 35.5. The third-order valence-electron chi connectivity index (χ3n) is 4.44. The van der Waals surface area contributed by atoms with Crippen molar-refractivity contribution in [3.8, 4) is 11.5 Å². The molecule has 114 valence electrons. The molecule has 4 nitrogen and oxygen atoms in total. The number of fused-ring (bicyclic) bond motifs is 1. The molecule has 0 aromatic heterocycles. The van der Waals surface area contributed by atoms with Crippen LogP contribution in [0, 0.1) is 11.8 Å². The van der Waals surface area contributed by atoms with Crippen LogP contribution in [0.4, 0.5) is 0 Å². The van der Waals surface area contributed by atoms with Crippen LogP contribution >= 0.6 is 11.6 Å². The molecule has 0 spiro atoms. The molecule has 1 fully saturated rings. The Morgan fingerprint density at radius 1 is 1.10 bits per heavy atom. The van der Waals surface area contributed by atoms with Crippen LogP contribution in [0.15, 0.2) is 12.1 Å². The number of hydrogen-bond acceptors (Lipinski definition) is 4. The molecule has 5 heteroatoms. The number of carbonyl (C=O) groups is 1. The maximum absolute atomic E-state index is 12.9. The van der Waals surface area contributed by atoms with Gasteiger partial charge in [-0.05, 0) is 25.8 Å². The van der Waals surface area contributed by atoms with Gasteiger partial charge in [0.2, 0.25) is 0 Å². The summed E-state index contributed by atoms with van der Waals surface area (Å²) in [5.41, 5.74) is 0.488. The van der Waals surface area contributed by atoms with Crippen molar-refractivity contribution < 1.29 is 19.0 Å². The minimum Gasteiger partial charge on any atom is -0.486 e. The van der Waals surface area contributed by atoms with Crippen molar-refractivity contribution in [1.29, 1.82) is 0 Å². The fourth-order valence-corrected chi connectivity index (χ4v) is 3.40. The SMILES string of the molecule is CC1OC(C)C(C(=O)c2cc3c(cc2Cl)OCCO3)C1C. The van der Waals surface area contributed by atoms with Gasteiger partial charge in [0, 0.05) is 11.6 Å². The molecule has 0 bridgehead atoms. The maximum Gasteiger partial charge on any atom is 0.170 e. The van der Waals surface area contributed by atoms with E-state index in [0.29, 0.717) is 35.3 Å². The molecule has 1 aromatic carbocycles. The van der Waals surface area contributed by atoms with Crippen molar-refractivity contribution in [2.45, 2.75) is 33.0 Å². The lowest BCUT2D eigenvalue weighted by atomic mass is 9.83. The van der Waals surface area contributed by atoms with Gasteiger partial charge in [-0.3, -0.25) is 4.79 Å². The molecule has 4 unspecified atom stereocenters. The van der Waals surface area contributed by atoms with E-state index < -0.39 is 0 Å². The van der Waals surface area contributed by atoms with Crippen LogP contribution in [0.2, 0.25) is 5.02 Å². The molecule has 3 rings (SSSR count). The van der Waals surface area contributed by atoms with Crippen LogP contribution in [0.3, 0.4) is 0 Å². The van der Waals surface area contributed by atoms with Gasteiger partial charge in [-0.15, -0.1) is 0 Å². The van der Waals surface area contributed by atoms with Crippen molar-refractivity contribution in [3.05, 3.63) is 22.7 Å². The van der Waals surface area contributed by atoms with Gasteiger partial charge in [0.25, 0.3) is 0 Å². The Morgan fingerprint density at radius 3 is 2.29 bits per heavy atom. The predicted molar refractivity (Wildman–Crippen MR) is 79.4 cm³/mol. The number of halogens is 1. The molecular formula is C16H19ClO4. The smallest absolute Gasteiger partial charge is 0.170 e. The Hall–Kier alpha value is -1.26. The van der Waals surface area contributed by atoms with E-state index in [1.165, 1.54) is 0 Å². The van der Waals surface area contributed by atoms with Crippen molar-refractivity contribution in [1.82, 2.24) is 0 Å². The first-order chi connectivity index (χ1) is 9.99. The van der Waals surface area contributed by atoms with Gasteiger partial charge >= 0.3 is 0 Å². The Bertz CT molecular complexity index is 572. The number of benzene rings is 1. The van der Waals surface area contributed by atoms with E-state index in [4.69, 9.17) is 25.8 Å². The standard InChI is InChI=1S/C16H19ClO4/c1-8-9(2)21-10(3)15(8)16(18)11-6-13-14(7-12(11)17)20-5-4-19-13/h6-10,15H,4-5H2,1-3H3.